The Morgan fingerprint density at radius 1 is 1.38 bits per heavy atom. The summed E-state index contributed by atoms with van der Waals surface area (Å²) in [5, 5.41) is 5.63. The molecule has 1 N–H and O–H groups in total. The molecule has 1 atom stereocenters. The number of aryl methyl sites for hydroxylation is 1. The summed E-state index contributed by atoms with van der Waals surface area (Å²) in [5.74, 6) is 1.95. The molecule has 3 rings (SSSR count). The van der Waals surface area contributed by atoms with E-state index in [0.29, 0.717) is 0 Å². The van der Waals surface area contributed by atoms with Gasteiger partial charge in [-0.05, 0) is 43.0 Å². The molecule has 1 aromatic heterocycles. The fourth-order valence-electron chi connectivity index (χ4n) is 2.71. The van der Waals surface area contributed by atoms with Crippen LogP contribution in [0.15, 0.2) is 23.6 Å². The van der Waals surface area contributed by atoms with Gasteiger partial charge in [0.1, 0.15) is 17.6 Å². The van der Waals surface area contributed by atoms with Gasteiger partial charge in [0.25, 0.3) is 0 Å². The Morgan fingerprint density at radius 2 is 2.24 bits per heavy atom. The largest absolute Gasteiger partial charge is 0.496 e. The molecule has 0 amide bonds. The molecule has 0 radical (unpaired) electrons. The van der Waals surface area contributed by atoms with Crippen LogP contribution in [0, 0.1) is 6.92 Å². The van der Waals surface area contributed by atoms with Crippen LogP contribution < -0.4 is 14.8 Å². The third-order valence-corrected chi connectivity index (χ3v) is 4.89. The van der Waals surface area contributed by atoms with Crippen LogP contribution in [-0.4, -0.2) is 13.2 Å². The zero-order valence-electron chi connectivity index (χ0n) is 12.7. The van der Waals surface area contributed by atoms with Gasteiger partial charge < -0.3 is 14.8 Å². The first-order valence-corrected chi connectivity index (χ1v) is 8.15. The second-order valence-corrected chi connectivity index (χ2v) is 6.54. The van der Waals surface area contributed by atoms with Gasteiger partial charge in [0.05, 0.1) is 7.11 Å². The first-order valence-electron chi connectivity index (χ1n) is 7.27. The van der Waals surface area contributed by atoms with E-state index in [4.69, 9.17) is 9.47 Å². The number of hydrogen-bond acceptors (Lipinski definition) is 4. The van der Waals surface area contributed by atoms with Crippen molar-refractivity contribution >= 4 is 11.3 Å². The number of hydrogen-bond donors (Lipinski definition) is 1. The molecule has 1 unspecified atom stereocenters. The number of nitrogens with one attached hydrogen (secondary N) is 1. The van der Waals surface area contributed by atoms with Crippen LogP contribution in [0.3, 0.4) is 0 Å². The predicted octanol–water partition coefficient (Wildman–Crippen LogP) is 3.68. The molecule has 21 heavy (non-hydrogen) atoms. The topological polar surface area (TPSA) is 30.5 Å². The smallest absolute Gasteiger partial charge is 0.123 e. The first kappa shape index (κ1) is 14.4. The maximum Gasteiger partial charge on any atom is 0.123 e. The van der Waals surface area contributed by atoms with E-state index in [1.54, 1.807) is 18.4 Å². The molecule has 2 aromatic rings. The Bertz CT molecular complexity index is 636. The van der Waals surface area contributed by atoms with Crippen molar-refractivity contribution in [1.82, 2.24) is 5.32 Å². The van der Waals surface area contributed by atoms with E-state index in [0.717, 1.165) is 36.6 Å². The molecular weight excluding hydrogens is 282 g/mol. The van der Waals surface area contributed by atoms with E-state index in [2.05, 4.69) is 42.7 Å². The van der Waals surface area contributed by atoms with Crippen molar-refractivity contribution < 1.29 is 9.47 Å². The molecule has 0 aliphatic carbocycles. The fraction of sp³-hybridized carbons (Fsp3) is 0.412. The SMILES string of the molecule is COc1cc2c(cc1CNCc1sccc1C)OC(C)C2. The van der Waals surface area contributed by atoms with Gasteiger partial charge in [-0.15, -0.1) is 11.3 Å². The zero-order chi connectivity index (χ0) is 14.8. The number of methoxy groups -OCH3 is 1. The maximum absolute atomic E-state index is 5.84. The summed E-state index contributed by atoms with van der Waals surface area (Å²) in [4.78, 5) is 1.39. The molecule has 1 aliphatic rings. The van der Waals surface area contributed by atoms with Crippen LogP contribution in [0.5, 0.6) is 11.5 Å². The second kappa shape index (κ2) is 6.08. The lowest BCUT2D eigenvalue weighted by molar-refractivity contribution is 0.254. The normalized spacial score (nSPS) is 16.6. The van der Waals surface area contributed by atoms with Crippen LogP contribution in [0.4, 0.5) is 0 Å². The molecular formula is C17H21NO2S. The average Bonchev–Trinajstić information content (AvgIpc) is 3.02. The molecule has 0 spiro atoms. The molecule has 1 aromatic carbocycles. The lowest BCUT2D eigenvalue weighted by atomic mass is 10.1. The number of ether oxygens (including phenoxy) is 2. The Labute approximate surface area is 129 Å². The van der Waals surface area contributed by atoms with Crippen molar-refractivity contribution in [1.29, 1.82) is 0 Å². The van der Waals surface area contributed by atoms with Crippen LogP contribution in [0.2, 0.25) is 0 Å². The van der Waals surface area contributed by atoms with Crippen LogP contribution in [0.1, 0.15) is 28.5 Å². The summed E-state index contributed by atoms with van der Waals surface area (Å²) in [5.41, 5.74) is 3.75. The highest BCUT2D eigenvalue weighted by Gasteiger charge is 2.21. The molecule has 4 heteroatoms. The summed E-state index contributed by atoms with van der Waals surface area (Å²) < 4.78 is 11.4. The summed E-state index contributed by atoms with van der Waals surface area (Å²) in [7, 11) is 1.73. The van der Waals surface area contributed by atoms with E-state index in [-0.39, 0.29) is 6.10 Å². The quantitative estimate of drug-likeness (QED) is 0.914. The molecule has 3 nitrogen and oxygen atoms in total. The fourth-order valence-corrected chi connectivity index (χ4v) is 3.58. The molecule has 0 fully saturated rings. The zero-order valence-corrected chi connectivity index (χ0v) is 13.5. The van der Waals surface area contributed by atoms with Gasteiger partial charge in [0.2, 0.25) is 0 Å². The van der Waals surface area contributed by atoms with Crippen molar-refractivity contribution in [2.45, 2.75) is 39.5 Å². The highest BCUT2D eigenvalue weighted by Crippen LogP contribution is 2.35. The van der Waals surface area contributed by atoms with Crippen LogP contribution in [-0.2, 0) is 19.5 Å². The van der Waals surface area contributed by atoms with Gasteiger partial charge >= 0.3 is 0 Å². The van der Waals surface area contributed by atoms with Crippen molar-refractivity contribution in [3.8, 4) is 11.5 Å². The van der Waals surface area contributed by atoms with Gasteiger partial charge in [-0.2, -0.15) is 0 Å². The van der Waals surface area contributed by atoms with E-state index < -0.39 is 0 Å². The Balaban J connectivity index is 1.70. The van der Waals surface area contributed by atoms with Crippen molar-refractivity contribution in [3.05, 3.63) is 45.1 Å². The minimum absolute atomic E-state index is 0.265. The minimum atomic E-state index is 0.265. The van der Waals surface area contributed by atoms with Gasteiger partial charge in [-0.3, -0.25) is 0 Å². The number of thiophene rings is 1. The Morgan fingerprint density at radius 3 is 2.95 bits per heavy atom. The predicted molar refractivity (Wildman–Crippen MR) is 86.4 cm³/mol. The van der Waals surface area contributed by atoms with E-state index in [9.17, 15) is 0 Å². The lowest BCUT2D eigenvalue weighted by Gasteiger charge is -2.12. The van der Waals surface area contributed by atoms with Crippen LogP contribution >= 0.6 is 11.3 Å². The average molecular weight is 303 g/mol. The lowest BCUT2D eigenvalue weighted by Crippen LogP contribution is -2.13. The molecule has 2 heterocycles. The van der Waals surface area contributed by atoms with Gasteiger partial charge in [0.15, 0.2) is 0 Å². The highest BCUT2D eigenvalue weighted by molar-refractivity contribution is 7.10. The number of benzene rings is 1. The van der Waals surface area contributed by atoms with Crippen molar-refractivity contribution in [2.24, 2.45) is 0 Å². The number of rotatable bonds is 5. The van der Waals surface area contributed by atoms with E-state index in [1.165, 1.54) is 16.0 Å². The summed E-state index contributed by atoms with van der Waals surface area (Å²) in [6.07, 6.45) is 1.23. The molecule has 1 aliphatic heterocycles. The van der Waals surface area contributed by atoms with E-state index in [1.807, 2.05) is 0 Å². The molecule has 0 bridgehead atoms. The van der Waals surface area contributed by atoms with Gasteiger partial charge in [-0.1, -0.05) is 0 Å². The van der Waals surface area contributed by atoms with Gasteiger partial charge in [-0.25, -0.2) is 0 Å². The summed E-state index contributed by atoms with van der Waals surface area (Å²) >= 11 is 1.80. The monoisotopic (exact) mass is 303 g/mol. The molecule has 0 saturated heterocycles. The highest BCUT2D eigenvalue weighted by atomic mass is 32.1. The van der Waals surface area contributed by atoms with E-state index >= 15 is 0 Å². The van der Waals surface area contributed by atoms with Crippen LogP contribution in [0.25, 0.3) is 0 Å². The van der Waals surface area contributed by atoms with Gasteiger partial charge in [0, 0.05) is 35.5 Å². The number of fused-ring (bicyclic) bond motifs is 1. The Hall–Kier alpha value is -1.52. The third-order valence-electron chi connectivity index (χ3n) is 3.87. The minimum Gasteiger partial charge on any atom is -0.496 e. The third kappa shape index (κ3) is 3.06. The van der Waals surface area contributed by atoms with Crippen molar-refractivity contribution in [3.63, 3.8) is 0 Å². The summed E-state index contributed by atoms with van der Waals surface area (Å²) in [6, 6.07) is 6.39. The van der Waals surface area contributed by atoms with Crippen molar-refractivity contribution in [2.75, 3.05) is 7.11 Å². The standard InChI is InChI=1S/C17H21NO2S/c1-11-4-5-21-17(11)10-18-9-14-8-16-13(6-12(2)20-16)7-15(14)19-3/h4-5,7-8,12,18H,6,9-10H2,1-3H3. The molecule has 0 saturated carbocycles. The molecule has 112 valence electrons. The second-order valence-electron chi connectivity index (χ2n) is 5.53. The summed E-state index contributed by atoms with van der Waals surface area (Å²) in [6.45, 7) is 5.93. The Kier molecular flexibility index (Phi) is 4.17. The maximum atomic E-state index is 5.84. The first-order chi connectivity index (χ1) is 10.2.